The maximum atomic E-state index is 5.87. The van der Waals surface area contributed by atoms with Crippen LogP contribution >= 0.6 is 0 Å². The molecule has 1 aliphatic heterocycles. The van der Waals surface area contributed by atoms with Crippen molar-refractivity contribution in [1.29, 1.82) is 0 Å². The van der Waals surface area contributed by atoms with Crippen LogP contribution in [-0.4, -0.2) is 29.3 Å². The fourth-order valence-corrected chi connectivity index (χ4v) is 1.98. The summed E-state index contributed by atoms with van der Waals surface area (Å²) in [5.74, 6) is 0. The minimum absolute atomic E-state index is 0.392. The zero-order valence-electron chi connectivity index (χ0n) is 8.66. The van der Waals surface area contributed by atoms with Crippen LogP contribution in [0, 0.1) is 0 Å². The van der Waals surface area contributed by atoms with E-state index in [9.17, 15) is 0 Å². The Bertz CT molecular complexity index is 286. The second-order valence-electron chi connectivity index (χ2n) is 3.91. The van der Waals surface area contributed by atoms with E-state index in [1.807, 2.05) is 6.20 Å². The summed E-state index contributed by atoms with van der Waals surface area (Å²) in [6.07, 6.45) is 5.12. The lowest BCUT2D eigenvalue weighted by molar-refractivity contribution is 0.500. The first-order chi connectivity index (χ1) is 6.81. The first-order valence-electron chi connectivity index (χ1n) is 5.34. The molecule has 0 saturated carbocycles. The van der Waals surface area contributed by atoms with E-state index in [4.69, 9.17) is 5.73 Å². The molecule has 1 aliphatic rings. The molecule has 0 amide bonds. The van der Waals surface area contributed by atoms with E-state index in [0.717, 1.165) is 32.4 Å². The fourth-order valence-electron chi connectivity index (χ4n) is 1.98. The largest absolute Gasteiger partial charge is 0.369 e. The zero-order chi connectivity index (χ0) is 9.97. The maximum absolute atomic E-state index is 5.87. The maximum Gasteiger partial charge on any atom is 0.0782 e. The summed E-state index contributed by atoms with van der Waals surface area (Å²) in [4.78, 5) is 2.38. The van der Waals surface area contributed by atoms with Crippen LogP contribution in [0.5, 0.6) is 0 Å². The minimum atomic E-state index is 0.392. The molecule has 2 rings (SSSR count). The normalized spacial score (nSPS) is 18.9. The van der Waals surface area contributed by atoms with Crippen LogP contribution in [0.3, 0.4) is 0 Å². The van der Waals surface area contributed by atoms with E-state index in [0.29, 0.717) is 6.04 Å². The first-order valence-corrected chi connectivity index (χ1v) is 5.34. The van der Waals surface area contributed by atoms with Gasteiger partial charge < -0.3 is 10.6 Å². The van der Waals surface area contributed by atoms with E-state index in [1.54, 1.807) is 0 Å². The van der Waals surface area contributed by atoms with Crippen molar-refractivity contribution in [3.63, 3.8) is 0 Å². The Morgan fingerprint density at radius 3 is 2.93 bits per heavy atom. The molecule has 4 heteroatoms. The number of hydrogen-bond acceptors (Lipinski definition) is 3. The van der Waals surface area contributed by atoms with Crippen molar-refractivity contribution in [1.82, 2.24) is 10.2 Å². The lowest BCUT2D eigenvalue weighted by Crippen LogP contribution is -2.39. The van der Waals surface area contributed by atoms with Gasteiger partial charge in [-0.2, -0.15) is 5.10 Å². The average molecular weight is 194 g/mol. The van der Waals surface area contributed by atoms with Crippen molar-refractivity contribution in [2.24, 2.45) is 5.73 Å². The number of H-pyrrole nitrogens is 1. The molecule has 0 aliphatic carbocycles. The monoisotopic (exact) mass is 194 g/mol. The third-order valence-corrected chi connectivity index (χ3v) is 2.93. The van der Waals surface area contributed by atoms with E-state index in [-0.39, 0.29) is 0 Å². The average Bonchev–Trinajstić information content (AvgIpc) is 2.67. The standard InChI is InChI=1S/C10H18N4/c1-2-9-10(7-12-13-9)14-5-3-8(11)4-6-14/h7-8H,2-6,11H2,1H3,(H,12,13). The number of rotatable bonds is 2. The SMILES string of the molecule is CCc1[nH]ncc1N1CCC(N)CC1. The molecule has 1 aromatic heterocycles. The van der Waals surface area contributed by atoms with Gasteiger partial charge in [0, 0.05) is 19.1 Å². The molecule has 0 unspecified atom stereocenters. The third kappa shape index (κ3) is 1.75. The number of nitrogens with zero attached hydrogens (tertiary/aromatic N) is 2. The summed E-state index contributed by atoms with van der Waals surface area (Å²) >= 11 is 0. The Balaban J connectivity index is 2.08. The fraction of sp³-hybridized carbons (Fsp3) is 0.700. The van der Waals surface area contributed by atoms with Gasteiger partial charge in [0.1, 0.15) is 0 Å². The lowest BCUT2D eigenvalue weighted by atomic mass is 10.1. The molecule has 0 radical (unpaired) electrons. The summed E-state index contributed by atoms with van der Waals surface area (Å²) in [6, 6.07) is 0.392. The molecule has 1 fully saturated rings. The zero-order valence-corrected chi connectivity index (χ0v) is 8.66. The molecule has 14 heavy (non-hydrogen) atoms. The van der Waals surface area contributed by atoms with Gasteiger partial charge in [0.05, 0.1) is 17.6 Å². The van der Waals surface area contributed by atoms with Crippen molar-refractivity contribution in [2.75, 3.05) is 18.0 Å². The highest BCUT2D eigenvalue weighted by Gasteiger charge is 2.18. The highest BCUT2D eigenvalue weighted by molar-refractivity contribution is 5.49. The predicted octanol–water partition coefficient (Wildman–Crippen LogP) is 0.900. The number of hydrogen-bond donors (Lipinski definition) is 2. The van der Waals surface area contributed by atoms with Gasteiger partial charge in [0.25, 0.3) is 0 Å². The van der Waals surface area contributed by atoms with Crippen molar-refractivity contribution < 1.29 is 0 Å². The van der Waals surface area contributed by atoms with Crippen LogP contribution in [0.1, 0.15) is 25.5 Å². The smallest absolute Gasteiger partial charge is 0.0782 e. The number of nitrogens with two attached hydrogens (primary N) is 1. The molecule has 1 aromatic rings. The van der Waals surface area contributed by atoms with Crippen LogP contribution in [0.25, 0.3) is 0 Å². The van der Waals surface area contributed by atoms with Gasteiger partial charge in [0.2, 0.25) is 0 Å². The molecule has 0 bridgehead atoms. The third-order valence-electron chi connectivity index (χ3n) is 2.93. The van der Waals surface area contributed by atoms with Gasteiger partial charge in [-0.15, -0.1) is 0 Å². The van der Waals surface area contributed by atoms with E-state index in [2.05, 4.69) is 22.0 Å². The number of aromatic amines is 1. The predicted molar refractivity (Wildman–Crippen MR) is 57.4 cm³/mol. The Morgan fingerprint density at radius 2 is 2.29 bits per heavy atom. The van der Waals surface area contributed by atoms with Gasteiger partial charge in [-0.1, -0.05) is 6.92 Å². The molecule has 0 atom stereocenters. The molecule has 4 nitrogen and oxygen atoms in total. The molecule has 2 heterocycles. The number of aromatic nitrogens is 2. The van der Waals surface area contributed by atoms with Gasteiger partial charge in [0.15, 0.2) is 0 Å². The van der Waals surface area contributed by atoms with Gasteiger partial charge in [-0.05, 0) is 19.3 Å². The van der Waals surface area contributed by atoms with Gasteiger partial charge >= 0.3 is 0 Å². The van der Waals surface area contributed by atoms with Crippen molar-refractivity contribution in [2.45, 2.75) is 32.2 Å². The number of nitrogens with one attached hydrogen (secondary N) is 1. The topological polar surface area (TPSA) is 57.9 Å². The summed E-state index contributed by atoms with van der Waals surface area (Å²) in [6.45, 7) is 4.27. The van der Waals surface area contributed by atoms with Crippen LogP contribution in [0.2, 0.25) is 0 Å². The van der Waals surface area contributed by atoms with Crippen molar-refractivity contribution in [3.8, 4) is 0 Å². The van der Waals surface area contributed by atoms with Crippen molar-refractivity contribution in [3.05, 3.63) is 11.9 Å². The molecular weight excluding hydrogens is 176 g/mol. The molecule has 3 N–H and O–H groups in total. The Hall–Kier alpha value is -1.03. The number of piperidine rings is 1. The lowest BCUT2D eigenvalue weighted by Gasteiger charge is -2.31. The van der Waals surface area contributed by atoms with Crippen LogP contribution in [0.15, 0.2) is 6.20 Å². The second-order valence-corrected chi connectivity index (χ2v) is 3.91. The molecule has 0 aromatic carbocycles. The van der Waals surface area contributed by atoms with Gasteiger partial charge in [-0.3, -0.25) is 5.10 Å². The minimum Gasteiger partial charge on any atom is -0.369 e. The van der Waals surface area contributed by atoms with E-state index in [1.165, 1.54) is 11.4 Å². The Morgan fingerprint density at radius 1 is 1.57 bits per heavy atom. The Kier molecular flexibility index (Phi) is 2.72. The first kappa shape index (κ1) is 9.52. The summed E-state index contributed by atoms with van der Waals surface area (Å²) in [5.41, 5.74) is 8.37. The quantitative estimate of drug-likeness (QED) is 0.735. The van der Waals surface area contributed by atoms with E-state index < -0.39 is 0 Å². The second kappa shape index (κ2) is 4.00. The van der Waals surface area contributed by atoms with Gasteiger partial charge in [-0.25, -0.2) is 0 Å². The van der Waals surface area contributed by atoms with Crippen LogP contribution < -0.4 is 10.6 Å². The van der Waals surface area contributed by atoms with Crippen molar-refractivity contribution >= 4 is 5.69 Å². The van der Waals surface area contributed by atoms with Crippen LogP contribution in [-0.2, 0) is 6.42 Å². The highest BCUT2D eigenvalue weighted by atomic mass is 15.2. The summed E-state index contributed by atoms with van der Waals surface area (Å²) in [7, 11) is 0. The molecular formula is C10H18N4. The Labute approximate surface area is 84.5 Å². The number of aryl methyl sites for hydroxylation is 1. The highest BCUT2D eigenvalue weighted by Crippen LogP contribution is 2.22. The molecule has 0 spiro atoms. The summed E-state index contributed by atoms with van der Waals surface area (Å²) < 4.78 is 0. The van der Waals surface area contributed by atoms with E-state index >= 15 is 0 Å². The molecule has 1 saturated heterocycles. The summed E-state index contributed by atoms with van der Waals surface area (Å²) in [5, 5.41) is 7.13. The number of anilines is 1. The molecule has 78 valence electrons. The van der Waals surface area contributed by atoms with Crippen LogP contribution in [0.4, 0.5) is 5.69 Å².